The van der Waals surface area contributed by atoms with E-state index in [0.29, 0.717) is 13.0 Å². The molecule has 4 heteroatoms. The summed E-state index contributed by atoms with van der Waals surface area (Å²) in [6.07, 6.45) is 4.25. The van der Waals surface area contributed by atoms with E-state index in [1.165, 1.54) is 12.1 Å². The van der Waals surface area contributed by atoms with Crippen LogP contribution in [0.15, 0.2) is 48.5 Å². The molecule has 2 aromatic rings. The standard InChI is InChI=1S/C21H24FNO2/c1-25-19-10-3-2-7-16(19)11-14-23-20(24)21(12-4-5-13-21)17-8-6-9-18(22)15-17/h2-3,6-10,15H,4-5,11-14H2,1H3,(H,23,24). The van der Waals surface area contributed by atoms with Crippen molar-refractivity contribution in [2.45, 2.75) is 37.5 Å². The van der Waals surface area contributed by atoms with Crippen LogP contribution in [0.4, 0.5) is 4.39 Å². The summed E-state index contributed by atoms with van der Waals surface area (Å²) in [5.41, 5.74) is 1.26. The molecule has 1 N–H and O–H groups in total. The number of carbonyl (C=O) groups excluding carboxylic acids is 1. The van der Waals surface area contributed by atoms with E-state index in [-0.39, 0.29) is 11.7 Å². The zero-order valence-corrected chi connectivity index (χ0v) is 14.6. The van der Waals surface area contributed by atoms with E-state index in [1.54, 1.807) is 13.2 Å². The van der Waals surface area contributed by atoms with Crippen molar-refractivity contribution in [2.75, 3.05) is 13.7 Å². The summed E-state index contributed by atoms with van der Waals surface area (Å²) in [5, 5.41) is 3.07. The van der Waals surface area contributed by atoms with Crippen LogP contribution < -0.4 is 10.1 Å². The van der Waals surface area contributed by atoms with Crippen molar-refractivity contribution in [3.8, 4) is 5.75 Å². The number of rotatable bonds is 6. The molecule has 0 aliphatic heterocycles. The van der Waals surface area contributed by atoms with Crippen molar-refractivity contribution in [3.63, 3.8) is 0 Å². The number of para-hydroxylation sites is 1. The van der Waals surface area contributed by atoms with E-state index in [2.05, 4.69) is 5.32 Å². The molecule has 0 heterocycles. The van der Waals surface area contributed by atoms with Crippen LogP contribution in [0.5, 0.6) is 5.75 Å². The summed E-state index contributed by atoms with van der Waals surface area (Å²) in [6, 6.07) is 14.3. The lowest BCUT2D eigenvalue weighted by Crippen LogP contribution is -2.43. The van der Waals surface area contributed by atoms with Gasteiger partial charge in [-0.2, -0.15) is 0 Å². The Morgan fingerprint density at radius 1 is 1.16 bits per heavy atom. The molecular formula is C21H24FNO2. The van der Waals surface area contributed by atoms with Gasteiger partial charge in [-0.05, 0) is 48.6 Å². The molecule has 0 saturated heterocycles. The molecule has 1 amide bonds. The molecule has 0 atom stereocenters. The number of benzene rings is 2. The van der Waals surface area contributed by atoms with Gasteiger partial charge in [0.05, 0.1) is 12.5 Å². The Hall–Kier alpha value is -2.36. The molecule has 0 bridgehead atoms. The zero-order valence-electron chi connectivity index (χ0n) is 14.6. The molecule has 2 aromatic carbocycles. The van der Waals surface area contributed by atoms with Gasteiger partial charge in [0, 0.05) is 6.54 Å². The highest BCUT2D eigenvalue weighted by molar-refractivity contribution is 5.88. The molecule has 0 spiro atoms. The molecule has 0 unspecified atom stereocenters. The number of hydrogen-bond acceptors (Lipinski definition) is 2. The number of carbonyl (C=O) groups is 1. The number of halogens is 1. The first-order chi connectivity index (χ1) is 12.2. The fourth-order valence-corrected chi connectivity index (χ4v) is 3.80. The highest BCUT2D eigenvalue weighted by Crippen LogP contribution is 2.41. The molecule has 3 rings (SSSR count). The summed E-state index contributed by atoms with van der Waals surface area (Å²) in [5.74, 6) is 0.550. The second-order valence-corrected chi connectivity index (χ2v) is 6.62. The van der Waals surface area contributed by atoms with E-state index < -0.39 is 5.41 Å². The molecule has 25 heavy (non-hydrogen) atoms. The van der Waals surface area contributed by atoms with Gasteiger partial charge in [0.15, 0.2) is 0 Å². The molecule has 0 aromatic heterocycles. The highest BCUT2D eigenvalue weighted by atomic mass is 19.1. The summed E-state index contributed by atoms with van der Waals surface area (Å²) in [6.45, 7) is 0.538. The average molecular weight is 341 g/mol. The minimum atomic E-state index is -0.594. The molecule has 3 nitrogen and oxygen atoms in total. The molecule has 0 radical (unpaired) electrons. The first-order valence-electron chi connectivity index (χ1n) is 8.82. The summed E-state index contributed by atoms with van der Waals surface area (Å²) >= 11 is 0. The first-order valence-corrected chi connectivity index (χ1v) is 8.82. The number of methoxy groups -OCH3 is 1. The largest absolute Gasteiger partial charge is 0.496 e. The minimum Gasteiger partial charge on any atom is -0.496 e. The van der Waals surface area contributed by atoms with Crippen LogP contribution >= 0.6 is 0 Å². The molecular weight excluding hydrogens is 317 g/mol. The van der Waals surface area contributed by atoms with Crippen LogP contribution in [-0.2, 0) is 16.6 Å². The smallest absolute Gasteiger partial charge is 0.230 e. The maximum atomic E-state index is 13.7. The van der Waals surface area contributed by atoms with Gasteiger partial charge in [0.2, 0.25) is 5.91 Å². The van der Waals surface area contributed by atoms with Gasteiger partial charge in [-0.1, -0.05) is 43.2 Å². The lowest BCUT2D eigenvalue weighted by molar-refractivity contribution is -0.126. The van der Waals surface area contributed by atoms with E-state index in [9.17, 15) is 9.18 Å². The van der Waals surface area contributed by atoms with Gasteiger partial charge in [-0.15, -0.1) is 0 Å². The van der Waals surface area contributed by atoms with Crippen molar-refractivity contribution in [3.05, 3.63) is 65.5 Å². The van der Waals surface area contributed by atoms with Crippen LogP contribution in [0.25, 0.3) is 0 Å². The Balaban J connectivity index is 1.70. The predicted octanol–water partition coefficient (Wildman–Crippen LogP) is 4.01. The summed E-state index contributed by atoms with van der Waals surface area (Å²) in [4.78, 5) is 13.0. The second kappa shape index (κ2) is 7.68. The molecule has 1 aliphatic carbocycles. The number of hydrogen-bond donors (Lipinski definition) is 1. The van der Waals surface area contributed by atoms with Gasteiger partial charge in [-0.25, -0.2) is 4.39 Å². The zero-order chi connectivity index (χ0) is 17.7. The normalized spacial score (nSPS) is 15.8. The van der Waals surface area contributed by atoms with Crippen LogP contribution in [0.2, 0.25) is 0 Å². The molecule has 1 aliphatic rings. The Kier molecular flexibility index (Phi) is 5.37. The van der Waals surface area contributed by atoms with Gasteiger partial charge >= 0.3 is 0 Å². The van der Waals surface area contributed by atoms with Crippen LogP contribution in [0.1, 0.15) is 36.8 Å². The number of ether oxygens (including phenoxy) is 1. The van der Waals surface area contributed by atoms with E-state index in [4.69, 9.17) is 4.74 Å². The highest BCUT2D eigenvalue weighted by Gasteiger charge is 2.42. The molecule has 1 saturated carbocycles. The van der Waals surface area contributed by atoms with Crippen molar-refractivity contribution in [1.29, 1.82) is 0 Å². The molecule has 132 valence electrons. The van der Waals surface area contributed by atoms with Crippen molar-refractivity contribution in [2.24, 2.45) is 0 Å². The number of nitrogens with one attached hydrogen (secondary N) is 1. The van der Waals surface area contributed by atoms with Crippen LogP contribution in [0.3, 0.4) is 0 Å². The first kappa shape index (κ1) is 17.5. The maximum absolute atomic E-state index is 13.7. The third-order valence-corrected chi connectivity index (χ3v) is 5.14. The number of amides is 1. The third kappa shape index (κ3) is 3.68. The Morgan fingerprint density at radius 2 is 1.92 bits per heavy atom. The van der Waals surface area contributed by atoms with Gasteiger partial charge in [0.1, 0.15) is 11.6 Å². The fraction of sp³-hybridized carbons (Fsp3) is 0.381. The summed E-state index contributed by atoms with van der Waals surface area (Å²) in [7, 11) is 1.65. The summed E-state index contributed by atoms with van der Waals surface area (Å²) < 4.78 is 19.0. The van der Waals surface area contributed by atoms with Crippen LogP contribution in [0, 0.1) is 5.82 Å². The van der Waals surface area contributed by atoms with E-state index >= 15 is 0 Å². The third-order valence-electron chi connectivity index (χ3n) is 5.14. The SMILES string of the molecule is COc1ccccc1CCNC(=O)C1(c2cccc(F)c2)CCCC1. The average Bonchev–Trinajstić information content (AvgIpc) is 3.13. The predicted molar refractivity (Wildman–Crippen MR) is 96.3 cm³/mol. The fourth-order valence-electron chi connectivity index (χ4n) is 3.80. The topological polar surface area (TPSA) is 38.3 Å². The van der Waals surface area contributed by atoms with E-state index in [1.807, 2.05) is 30.3 Å². The van der Waals surface area contributed by atoms with E-state index in [0.717, 1.165) is 42.6 Å². The maximum Gasteiger partial charge on any atom is 0.230 e. The Bertz CT molecular complexity index is 738. The van der Waals surface area contributed by atoms with Crippen molar-refractivity contribution in [1.82, 2.24) is 5.32 Å². The Morgan fingerprint density at radius 3 is 2.64 bits per heavy atom. The minimum absolute atomic E-state index is 0.00509. The van der Waals surface area contributed by atoms with Crippen LogP contribution in [-0.4, -0.2) is 19.6 Å². The Labute approximate surface area is 148 Å². The quantitative estimate of drug-likeness (QED) is 0.862. The van der Waals surface area contributed by atoms with Gasteiger partial charge < -0.3 is 10.1 Å². The lowest BCUT2D eigenvalue weighted by Gasteiger charge is -2.28. The van der Waals surface area contributed by atoms with Gasteiger partial charge in [-0.3, -0.25) is 4.79 Å². The second-order valence-electron chi connectivity index (χ2n) is 6.62. The van der Waals surface area contributed by atoms with Gasteiger partial charge in [0.25, 0.3) is 0 Å². The monoisotopic (exact) mass is 341 g/mol. The van der Waals surface area contributed by atoms with Crippen molar-refractivity contribution >= 4 is 5.91 Å². The van der Waals surface area contributed by atoms with Crippen molar-refractivity contribution < 1.29 is 13.9 Å². The molecule has 1 fully saturated rings. The lowest BCUT2D eigenvalue weighted by atomic mass is 9.78.